The van der Waals surface area contributed by atoms with Gasteiger partial charge >= 0.3 is 0 Å². The van der Waals surface area contributed by atoms with Gasteiger partial charge in [-0.1, -0.05) is 29.3 Å². The average Bonchev–Trinajstić information content (AvgIpc) is 1.98. The van der Waals surface area contributed by atoms with Gasteiger partial charge in [0.05, 0.1) is 0 Å². The molecule has 84 valence electrons. The summed E-state index contributed by atoms with van der Waals surface area (Å²) in [7, 11) is 2.11. The fraction of sp³-hybridized carbons (Fsp3) is 0.538. The Kier molecular flexibility index (Phi) is 4.62. The van der Waals surface area contributed by atoms with Gasteiger partial charge in [-0.05, 0) is 33.4 Å². The molecule has 0 aromatic heterocycles. The average molecular weight is 226 g/mol. The molecule has 1 rings (SSSR count). The van der Waals surface area contributed by atoms with Crippen LogP contribution in [0.15, 0.2) is 18.2 Å². The van der Waals surface area contributed by atoms with Crippen molar-refractivity contribution in [2.75, 3.05) is 13.6 Å². The van der Waals surface area contributed by atoms with Gasteiger partial charge in [-0.15, -0.1) is 11.6 Å². The first-order chi connectivity index (χ1) is 6.97. The Morgan fingerprint density at radius 3 is 2.20 bits per heavy atom. The highest BCUT2D eigenvalue weighted by Gasteiger charge is 2.04. The van der Waals surface area contributed by atoms with Crippen molar-refractivity contribution in [1.29, 1.82) is 0 Å². The molecule has 0 fully saturated rings. The summed E-state index contributed by atoms with van der Waals surface area (Å²) < 4.78 is 0. The van der Waals surface area contributed by atoms with Crippen molar-refractivity contribution in [2.45, 2.75) is 32.7 Å². The molecular weight excluding hydrogens is 206 g/mol. The van der Waals surface area contributed by atoms with E-state index in [-0.39, 0.29) is 5.38 Å². The zero-order valence-electron chi connectivity index (χ0n) is 10.0. The lowest BCUT2D eigenvalue weighted by atomic mass is 10.1. The minimum Gasteiger partial charge on any atom is -0.301 e. The van der Waals surface area contributed by atoms with Gasteiger partial charge < -0.3 is 4.90 Å². The van der Waals surface area contributed by atoms with Crippen molar-refractivity contribution in [3.63, 3.8) is 0 Å². The van der Waals surface area contributed by atoms with Crippen LogP contribution in [-0.4, -0.2) is 23.9 Å². The standard InChI is InChI=1S/C13H20ClN/c1-10-5-11(2)7-13(6-10)9-15(4)8-12(3)14/h5-7,12H,8-9H2,1-4H3. The van der Waals surface area contributed by atoms with Crippen LogP contribution in [0.1, 0.15) is 23.6 Å². The number of aryl methyl sites for hydroxylation is 2. The Morgan fingerprint density at radius 2 is 1.73 bits per heavy atom. The highest BCUT2D eigenvalue weighted by atomic mass is 35.5. The summed E-state index contributed by atoms with van der Waals surface area (Å²) in [5.41, 5.74) is 4.03. The van der Waals surface area contributed by atoms with E-state index in [1.165, 1.54) is 16.7 Å². The molecule has 2 heteroatoms. The maximum Gasteiger partial charge on any atom is 0.0435 e. The summed E-state index contributed by atoms with van der Waals surface area (Å²) in [6, 6.07) is 6.68. The molecule has 0 spiro atoms. The monoisotopic (exact) mass is 225 g/mol. The number of halogens is 1. The third kappa shape index (κ3) is 4.67. The molecule has 0 heterocycles. The first-order valence-corrected chi connectivity index (χ1v) is 5.81. The van der Waals surface area contributed by atoms with Crippen LogP contribution in [0.25, 0.3) is 0 Å². The molecule has 1 atom stereocenters. The van der Waals surface area contributed by atoms with Crippen LogP contribution in [0.4, 0.5) is 0 Å². The number of nitrogens with zero attached hydrogens (tertiary/aromatic N) is 1. The van der Waals surface area contributed by atoms with Crippen molar-refractivity contribution in [3.8, 4) is 0 Å². The Bertz CT molecular complexity index is 300. The van der Waals surface area contributed by atoms with E-state index in [0.29, 0.717) is 0 Å². The van der Waals surface area contributed by atoms with E-state index in [4.69, 9.17) is 11.6 Å². The Morgan fingerprint density at radius 1 is 1.20 bits per heavy atom. The number of alkyl halides is 1. The van der Waals surface area contributed by atoms with Crippen LogP contribution in [-0.2, 0) is 6.54 Å². The molecule has 0 radical (unpaired) electrons. The maximum atomic E-state index is 5.96. The molecule has 1 aromatic rings. The summed E-state index contributed by atoms with van der Waals surface area (Å²) in [5, 5.41) is 0.209. The second kappa shape index (κ2) is 5.53. The molecule has 1 unspecified atom stereocenters. The third-order valence-electron chi connectivity index (χ3n) is 2.30. The van der Waals surface area contributed by atoms with Gasteiger partial charge in [-0.25, -0.2) is 0 Å². The largest absolute Gasteiger partial charge is 0.301 e. The van der Waals surface area contributed by atoms with Crippen LogP contribution < -0.4 is 0 Å². The predicted octanol–water partition coefficient (Wildman–Crippen LogP) is 3.36. The molecule has 0 saturated heterocycles. The molecule has 0 aliphatic carbocycles. The summed E-state index contributed by atoms with van der Waals surface area (Å²) >= 11 is 5.96. The number of hydrogen-bond donors (Lipinski definition) is 0. The second-order valence-corrected chi connectivity index (χ2v) is 5.22. The van der Waals surface area contributed by atoms with Crippen molar-refractivity contribution >= 4 is 11.6 Å². The van der Waals surface area contributed by atoms with E-state index in [1.807, 2.05) is 6.92 Å². The lowest BCUT2D eigenvalue weighted by molar-refractivity contribution is 0.330. The lowest BCUT2D eigenvalue weighted by Gasteiger charge is -2.18. The van der Waals surface area contributed by atoms with Gasteiger partial charge in [0.25, 0.3) is 0 Å². The zero-order valence-corrected chi connectivity index (χ0v) is 10.8. The summed E-state index contributed by atoms with van der Waals surface area (Å²) in [6.45, 7) is 8.20. The molecule has 0 amide bonds. The maximum absolute atomic E-state index is 5.96. The summed E-state index contributed by atoms with van der Waals surface area (Å²) in [5.74, 6) is 0. The predicted molar refractivity (Wildman–Crippen MR) is 67.6 cm³/mol. The fourth-order valence-electron chi connectivity index (χ4n) is 1.97. The van der Waals surface area contributed by atoms with E-state index in [0.717, 1.165) is 13.1 Å². The van der Waals surface area contributed by atoms with E-state index in [2.05, 4.69) is 44.0 Å². The fourth-order valence-corrected chi connectivity index (χ4v) is 2.20. The first-order valence-electron chi connectivity index (χ1n) is 5.37. The Hall–Kier alpha value is -0.530. The third-order valence-corrected chi connectivity index (χ3v) is 2.44. The molecule has 1 aromatic carbocycles. The van der Waals surface area contributed by atoms with E-state index < -0.39 is 0 Å². The normalized spacial score (nSPS) is 13.2. The van der Waals surface area contributed by atoms with Crippen LogP contribution in [0.3, 0.4) is 0 Å². The molecule has 0 bridgehead atoms. The van der Waals surface area contributed by atoms with Gasteiger partial charge in [-0.2, -0.15) is 0 Å². The van der Waals surface area contributed by atoms with Crippen LogP contribution in [0.5, 0.6) is 0 Å². The molecule has 0 aliphatic rings. The van der Waals surface area contributed by atoms with Gasteiger partial charge in [0.1, 0.15) is 0 Å². The van der Waals surface area contributed by atoms with E-state index in [9.17, 15) is 0 Å². The summed E-state index contributed by atoms with van der Waals surface area (Å²) in [6.07, 6.45) is 0. The van der Waals surface area contributed by atoms with Crippen LogP contribution in [0.2, 0.25) is 0 Å². The minimum absolute atomic E-state index is 0.209. The van der Waals surface area contributed by atoms with Crippen molar-refractivity contribution in [1.82, 2.24) is 4.90 Å². The minimum atomic E-state index is 0.209. The zero-order chi connectivity index (χ0) is 11.4. The number of hydrogen-bond acceptors (Lipinski definition) is 1. The molecule has 0 aliphatic heterocycles. The molecule has 0 N–H and O–H groups in total. The Balaban J connectivity index is 2.63. The van der Waals surface area contributed by atoms with Crippen LogP contribution in [0, 0.1) is 13.8 Å². The van der Waals surface area contributed by atoms with Gasteiger partial charge in [-0.3, -0.25) is 0 Å². The van der Waals surface area contributed by atoms with Crippen molar-refractivity contribution in [2.24, 2.45) is 0 Å². The number of rotatable bonds is 4. The topological polar surface area (TPSA) is 3.24 Å². The van der Waals surface area contributed by atoms with Gasteiger partial charge in [0.2, 0.25) is 0 Å². The quantitative estimate of drug-likeness (QED) is 0.711. The van der Waals surface area contributed by atoms with Gasteiger partial charge in [0.15, 0.2) is 0 Å². The van der Waals surface area contributed by atoms with Crippen molar-refractivity contribution < 1.29 is 0 Å². The molecule has 1 nitrogen and oxygen atoms in total. The number of benzene rings is 1. The second-order valence-electron chi connectivity index (χ2n) is 4.47. The molecule has 15 heavy (non-hydrogen) atoms. The molecule has 0 saturated carbocycles. The summed E-state index contributed by atoms with van der Waals surface area (Å²) in [4.78, 5) is 2.26. The Labute approximate surface area is 98.0 Å². The van der Waals surface area contributed by atoms with Gasteiger partial charge in [0, 0.05) is 18.5 Å². The van der Waals surface area contributed by atoms with Crippen molar-refractivity contribution in [3.05, 3.63) is 34.9 Å². The van der Waals surface area contributed by atoms with E-state index in [1.54, 1.807) is 0 Å². The SMILES string of the molecule is Cc1cc(C)cc(CN(C)CC(C)Cl)c1. The van der Waals surface area contributed by atoms with Crippen LogP contribution >= 0.6 is 11.6 Å². The van der Waals surface area contributed by atoms with E-state index >= 15 is 0 Å². The lowest BCUT2D eigenvalue weighted by Crippen LogP contribution is -2.24. The highest BCUT2D eigenvalue weighted by molar-refractivity contribution is 6.20. The smallest absolute Gasteiger partial charge is 0.0435 e. The first kappa shape index (κ1) is 12.5. The highest BCUT2D eigenvalue weighted by Crippen LogP contribution is 2.11. The molecular formula is C13H20ClN.